The van der Waals surface area contributed by atoms with Crippen molar-refractivity contribution in [2.24, 2.45) is 0 Å². The maximum absolute atomic E-state index is 6.33. The van der Waals surface area contributed by atoms with Gasteiger partial charge in [-0.15, -0.1) is 0 Å². The van der Waals surface area contributed by atoms with Crippen LogP contribution in [0.2, 0.25) is 0 Å². The van der Waals surface area contributed by atoms with Crippen LogP contribution in [0.25, 0.3) is 66.1 Å². The maximum Gasteiger partial charge on any atom is 0.136 e. The van der Waals surface area contributed by atoms with Gasteiger partial charge in [0.2, 0.25) is 0 Å². The van der Waals surface area contributed by atoms with E-state index in [1.165, 1.54) is 33.0 Å². The van der Waals surface area contributed by atoms with Gasteiger partial charge in [0.05, 0.1) is 5.69 Å². The normalized spacial score (nSPS) is 11.3. The SMILES string of the molecule is c1ccc(-c2ccc(N(c3cccc(-c4cccc5ccccc45)c3)c3ccccc3-c3cccc4oc5ccccc5c34)cc2)cc1. The van der Waals surface area contributed by atoms with E-state index in [1.54, 1.807) is 0 Å². The molecular formula is C46H31NO. The lowest BCUT2D eigenvalue weighted by atomic mass is 9.95. The molecule has 0 N–H and O–H groups in total. The highest BCUT2D eigenvalue weighted by molar-refractivity contribution is 6.14. The molecule has 0 fully saturated rings. The van der Waals surface area contributed by atoms with Crippen LogP contribution in [0.5, 0.6) is 0 Å². The van der Waals surface area contributed by atoms with Crippen LogP contribution in [0.3, 0.4) is 0 Å². The van der Waals surface area contributed by atoms with E-state index in [9.17, 15) is 0 Å². The first-order chi connectivity index (χ1) is 23.8. The van der Waals surface area contributed by atoms with Crippen LogP contribution in [-0.4, -0.2) is 0 Å². The van der Waals surface area contributed by atoms with E-state index in [-0.39, 0.29) is 0 Å². The molecule has 0 bridgehead atoms. The first kappa shape index (κ1) is 27.9. The van der Waals surface area contributed by atoms with Crippen molar-refractivity contribution < 1.29 is 4.42 Å². The second-order valence-electron chi connectivity index (χ2n) is 12.1. The largest absolute Gasteiger partial charge is 0.456 e. The smallest absolute Gasteiger partial charge is 0.136 e. The third-order valence-corrected chi connectivity index (χ3v) is 9.28. The van der Waals surface area contributed by atoms with Crippen LogP contribution in [0.15, 0.2) is 192 Å². The van der Waals surface area contributed by atoms with Crippen LogP contribution < -0.4 is 4.90 Å². The Kier molecular flexibility index (Phi) is 6.84. The Bertz CT molecular complexity index is 2560. The molecule has 0 aliphatic rings. The van der Waals surface area contributed by atoms with Crippen molar-refractivity contribution in [3.63, 3.8) is 0 Å². The van der Waals surface area contributed by atoms with Crippen LogP contribution in [0.1, 0.15) is 0 Å². The molecule has 9 rings (SSSR count). The molecule has 9 aromatic rings. The van der Waals surface area contributed by atoms with Gasteiger partial charge in [-0.2, -0.15) is 0 Å². The highest BCUT2D eigenvalue weighted by Gasteiger charge is 2.21. The lowest BCUT2D eigenvalue weighted by Gasteiger charge is -2.28. The van der Waals surface area contributed by atoms with Gasteiger partial charge in [-0.1, -0.05) is 146 Å². The minimum Gasteiger partial charge on any atom is -0.456 e. The van der Waals surface area contributed by atoms with E-state index in [1.807, 2.05) is 12.1 Å². The van der Waals surface area contributed by atoms with Gasteiger partial charge in [-0.05, 0) is 81.1 Å². The number of benzene rings is 8. The van der Waals surface area contributed by atoms with Crippen molar-refractivity contribution in [2.45, 2.75) is 0 Å². The van der Waals surface area contributed by atoms with Crippen molar-refractivity contribution in [2.75, 3.05) is 4.90 Å². The fraction of sp³-hybridized carbons (Fsp3) is 0. The topological polar surface area (TPSA) is 16.4 Å². The summed E-state index contributed by atoms with van der Waals surface area (Å²) in [5, 5.41) is 4.73. The van der Waals surface area contributed by atoms with Crippen molar-refractivity contribution in [3.05, 3.63) is 188 Å². The predicted octanol–water partition coefficient (Wildman–Crippen LogP) is 13.2. The van der Waals surface area contributed by atoms with E-state index in [0.29, 0.717) is 0 Å². The molecule has 2 nitrogen and oxygen atoms in total. The number of hydrogen-bond acceptors (Lipinski definition) is 2. The molecule has 226 valence electrons. The third kappa shape index (κ3) is 4.83. The van der Waals surface area contributed by atoms with Crippen LogP contribution in [0.4, 0.5) is 17.1 Å². The molecule has 0 aliphatic heterocycles. The highest BCUT2D eigenvalue weighted by Crippen LogP contribution is 2.45. The molecule has 0 spiro atoms. The number of rotatable bonds is 6. The second-order valence-corrected chi connectivity index (χ2v) is 12.1. The Morgan fingerprint density at radius 1 is 0.354 bits per heavy atom. The Balaban J connectivity index is 1.26. The van der Waals surface area contributed by atoms with E-state index >= 15 is 0 Å². The molecule has 0 unspecified atom stereocenters. The molecule has 1 aromatic heterocycles. The molecule has 0 saturated heterocycles. The summed E-state index contributed by atoms with van der Waals surface area (Å²) in [4.78, 5) is 2.39. The Morgan fingerprint density at radius 3 is 1.85 bits per heavy atom. The van der Waals surface area contributed by atoms with Gasteiger partial charge in [-0.3, -0.25) is 0 Å². The van der Waals surface area contributed by atoms with Crippen molar-refractivity contribution in [1.29, 1.82) is 0 Å². The van der Waals surface area contributed by atoms with E-state index in [4.69, 9.17) is 4.42 Å². The van der Waals surface area contributed by atoms with Gasteiger partial charge >= 0.3 is 0 Å². The molecule has 48 heavy (non-hydrogen) atoms. The Labute approximate surface area is 279 Å². The fourth-order valence-corrected chi connectivity index (χ4v) is 7.05. The van der Waals surface area contributed by atoms with Crippen molar-refractivity contribution in [3.8, 4) is 33.4 Å². The molecule has 0 saturated carbocycles. The van der Waals surface area contributed by atoms with Gasteiger partial charge in [0.25, 0.3) is 0 Å². The fourth-order valence-electron chi connectivity index (χ4n) is 7.05. The molecule has 1 heterocycles. The van der Waals surface area contributed by atoms with E-state index in [2.05, 4.69) is 181 Å². The Hall–Kier alpha value is -6.38. The zero-order chi connectivity index (χ0) is 31.9. The lowest BCUT2D eigenvalue weighted by Crippen LogP contribution is -2.11. The minimum atomic E-state index is 0.889. The molecular weight excluding hydrogens is 583 g/mol. The number of nitrogens with zero attached hydrogens (tertiary/aromatic N) is 1. The van der Waals surface area contributed by atoms with Crippen LogP contribution >= 0.6 is 0 Å². The second kappa shape index (κ2) is 11.8. The summed E-state index contributed by atoms with van der Waals surface area (Å²) in [6.45, 7) is 0. The molecule has 0 aliphatic carbocycles. The average molecular weight is 614 g/mol. The molecule has 0 radical (unpaired) electrons. The molecule has 0 amide bonds. The highest BCUT2D eigenvalue weighted by atomic mass is 16.3. The minimum absolute atomic E-state index is 0.889. The summed E-state index contributed by atoms with van der Waals surface area (Å²) in [5.74, 6) is 0. The first-order valence-corrected chi connectivity index (χ1v) is 16.4. The van der Waals surface area contributed by atoms with E-state index in [0.717, 1.165) is 50.1 Å². The molecule has 0 atom stereocenters. The van der Waals surface area contributed by atoms with Gasteiger partial charge in [0.1, 0.15) is 11.2 Å². The third-order valence-electron chi connectivity index (χ3n) is 9.28. The van der Waals surface area contributed by atoms with Gasteiger partial charge in [0.15, 0.2) is 0 Å². The number of anilines is 3. The van der Waals surface area contributed by atoms with Crippen LogP contribution in [0, 0.1) is 0 Å². The standard InChI is InChI=1S/C46H31NO/c1-2-13-32(14-3-1)33-27-29-36(30-28-33)47(37-18-10-17-35(31-37)39-22-11-16-34-15-4-5-19-38(34)39)43-24-8-6-20-40(43)41-23-12-26-45-46(41)42-21-7-9-25-44(42)48-45/h1-31H. The summed E-state index contributed by atoms with van der Waals surface area (Å²) in [7, 11) is 0. The van der Waals surface area contributed by atoms with Crippen molar-refractivity contribution in [1.82, 2.24) is 0 Å². The van der Waals surface area contributed by atoms with Crippen molar-refractivity contribution >= 4 is 49.8 Å². The zero-order valence-corrected chi connectivity index (χ0v) is 26.3. The van der Waals surface area contributed by atoms with Gasteiger partial charge < -0.3 is 9.32 Å². The number of furan rings is 1. The maximum atomic E-state index is 6.33. The van der Waals surface area contributed by atoms with Gasteiger partial charge in [-0.25, -0.2) is 0 Å². The summed E-state index contributed by atoms with van der Waals surface area (Å²) in [5.41, 5.74) is 12.1. The quantitative estimate of drug-likeness (QED) is 0.185. The molecule has 2 heteroatoms. The number of para-hydroxylation sites is 2. The zero-order valence-electron chi connectivity index (χ0n) is 26.3. The summed E-state index contributed by atoms with van der Waals surface area (Å²) >= 11 is 0. The Morgan fingerprint density at radius 2 is 0.958 bits per heavy atom. The summed E-state index contributed by atoms with van der Waals surface area (Å²) < 4.78 is 6.33. The molecule has 8 aromatic carbocycles. The lowest BCUT2D eigenvalue weighted by molar-refractivity contribution is 0.669. The average Bonchev–Trinajstić information content (AvgIpc) is 3.55. The van der Waals surface area contributed by atoms with Crippen LogP contribution in [-0.2, 0) is 0 Å². The predicted molar refractivity (Wildman–Crippen MR) is 202 cm³/mol. The number of hydrogen-bond donors (Lipinski definition) is 0. The van der Waals surface area contributed by atoms with E-state index < -0.39 is 0 Å². The van der Waals surface area contributed by atoms with Gasteiger partial charge in [0, 0.05) is 27.7 Å². The first-order valence-electron chi connectivity index (χ1n) is 16.4. The number of fused-ring (bicyclic) bond motifs is 4. The monoisotopic (exact) mass is 613 g/mol. The summed E-state index contributed by atoms with van der Waals surface area (Å²) in [6, 6.07) is 66.9. The summed E-state index contributed by atoms with van der Waals surface area (Å²) in [6.07, 6.45) is 0.